The first-order chi connectivity index (χ1) is 2.41. The molecular weight excluding hydrogens is 104 g/mol. The van der Waals surface area contributed by atoms with Crippen molar-refractivity contribution in [2.75, 3.05) is 0 Å². The van der Waals surface area contributed by atoms with Crippen molar-refractivity contribution in [1.29, 1.82) is 0 Å². The molecule has 0 aromatic rings. The molecule has 0 saturated carbocycles. The fourth-order valence-corrected chi connectivity index (χ4v) is 0.153. The van der Waals surface area contributed by atoms with Gasteiger partial charge in [0.15, 0.2) is 0 Å². The lowest BCUT2D eigenvalue weighted by atomic mass is 15.8. The molecule has 0 bridgehead atoms. The van der Waals surface area contributed by atoms with E-state index >= 15 is 0 Å². The molecule has 0 aromatic carbocycles. The van der Waals surface area contributed by atoms with Gasteiger partial charge in [-0.25, -0.2) is 0 Å². The van der Waals surface area contributed by atoms with Crippen LogP contribution in [0.1, 0.15) is 0 Å². The second-order valence-corrected chi connectivity index (χ2v) is 1.42. The van der Waals surface area contributed by atoms with E-state index in [4.69, 9.17) is 8.92 Å². The first-order valence-electron chi connectivity index (χ1n) is 0.816. The van der Waals surface area contributed by atoms with Crippen LogP contribution >= 0.6 is 0 Å². The molecule has 0 fully saturated rings. The average Bonchev–Trinajstić information content (AvgIpc) is 1.41. The summed E-state index contributed by atoms with van der Waals surface area (Å²) in [6.45, 7) is 0. The monoisotopic (exact) mass is 104 g/mol. The van der Waals surface area contributed by atoms with E-state index in [2.05, 4.69) is 4.12 Å². The molecule has 0 spiro atoms. The summed E-state index contributed by atoms with van der Waals surface area (Å²) in [5.74, 6) is 0. The number of hydrogen-bond acceptors (Lipinski definition) is 3. The molecule has 0 aromatic heterocycles. The molecule has 0 saturated heterocycles. The SMILES string of the molecule is O=[Si]O[Si]=O. The van der Waals surface area contributed by atoms with Gasteiger partial charge < -0.3 is 13.0 Å². The summed E-state index contributed by atoms with van der Waals surface area (Å²) in [6.07, 6.45) is 0. The summed E-state index contributed by atoms with van der Waals surface area (Å²) >= 11 is 0. The average molecular weight is 104 g/mol. The van der Waals surface area contributed by atoms with Crippen molar-refractivity contribution in [2.24, 2.45) is 0 Å². The molecule has 0 aliphatic carbocycles. The van der Waals surface area contributed by atoms with E-state index < -0.39 is 19.3 Å². The van der Waals surface area contributed by atoms with Gasteiger partial charge in [-0.05, 0) is 0 Å². The van der Waals surface area contributed by atoms with E-state index in [0.717, 1.165) is 0 Å². The predicted octanol–water partition coefficient (Wildman–Crippen LogP) is -1.07. The first kappa shape index (κ1) is 4.83. The maximum Gasteiger partial charge on any atom is 0.586 e. The van der Waals surface area contributed by atoms with Gasteiger partial charge in [0.05, 0.1) is 0 Å². The predicted molar refractivity (Wildman–Crippen MR) is 14.0 cm³/mol. The van der Waals surface area contributed by atoms with Gasteiger partial charge in [-0.2, -0.15) is 0 Å². The van der Waals surface area contributed by atoms with E-state index in [0.29, 0.717) is 0 Å². The van der Waals surface area contributed by atoms with Crippen LogP contribution < -0.4 is 0 Å². The normalized spacial score (nSPS) is 5.60. The van der Waals surface area contributed by atoms with E-state index in [1.807, 2.05) is 0 Å². The van der Waals surface area contributed by atoms with E-state index in [9.17, 15) is 0 Å². The Morgan fingerprint density at radius 2 is 1.60 bits per heavy atom. The van der Waals surface area contributed by atoms with Crippen LogP contribution in [-0.4, -0.2) is 19.3 Å². The summed E-state index contributed by atoms with van der Waals surface area (Å²) in [6, 6.07) is 0. The minimum absolute atomic E-state index is 0.892. The largest absolute Gasteiger partial charge is 0.586 e. The molecular formula is O3Si2. The lowest BCUT2D eigenvalue weighted by molar-refractivity contribution is 0.454. The highest BCUT2D eigenvalue weighted by molar-refractivity contribution is 6.23. The Morgan fingerprint density at radius 1 is 1.20 bits per heavy atom. The van der Waals surface area contributed by atoms with Crippen molar-refractivity contribution >= 4 is 19.3 Å². The third-order valence-corrected chi connectivity index (χ3v) is 0.750. The highest BCUT2D eigenvalue weighted by atomic mass is 28.3. The molecule has 3 nitrogen and oxygen atoms in total. The topological polar surface area (TPSA) is 43.4 Å². The Hall–Kier alpha value is -0.166. The fraction of sp³-hybridized carbons (Fsp3) is 0. The van der Waals surface area contributed by atoms with Crippen molar-refractivity contribution in [2.45, 2.75) is 0 Å². The standard InChI is InChI=1S/O3Si2/c1-4-3-5-2. The van der Waals surface area contributed by atoms with Crippen LogP contribution in [0.3, 0.4) is 0 Å². The lowest BCUT2D eigenvalue weighted by Crippen LogP contribution is -1.82. The Morgan fingerprint density at radius 3 is 1.60 bits per heavy atom. The molecule has 0 amide bonds. The van der Waals surface area contributed by atoms with Crippen molar-refractivity contribution < 1.29 is 13.0 Å². The molecule has 2 radical (unpaired) electrons. The molecule has 5 heteroatoms. The minimum atomic E-state index is -0.892. The van der Waals surface area contributed by atoms with Gasteiger partial charge in [0.2, 0.25) is 0 Å². The summed E-state index contributed by atoms with van der Waals surface area (Å²) in [7, 11) is -1.78. The van der Waals surface area contributed by atoms with Crippen LogP contribution in [0.4, 0.5) is 0 Å². The van der Waals surface area contributed by atoms with Crippen molar-refractivity contribution in [3.05, 3.63) is 0 Å². The fourth-order valence-electron chi connectivity index (χ4n) is 0.0170. The van der Waals surface area contributed by atoms with Gasteiger partial charge in [0, 0.05) is 0 Å². The summed E-state index contributed by atoms with van der Waals surface area (Å²) < 4.78 is 22.1. The van der Waals surface area contributed by atoms with E-state index in [1.165, 1.54) is 0 Å². The van der Waals surface area contributed by atoms with Gasteiger partial charge in [-0.3, -0.25) is 0 Å². The molecule has 5 heavy (non-hydrogen) atoms. The van der Waals surface area contributed by atoms with Crippen LogP contribution in [0.25, 0.3) is 0 Å². The van der Waals surface area contributed by atoms with Crippen LogP contribution in [0.15, 0.2) is 0 Å². The van der Waals surface area contributed by atoms with Gasteiger partial charge in [-0.1, -0.05) is 0 Å². The third kappa shape index (κ3) is 3.83. The molecule has 0 rings (SSSR count). The third-order valence-electron chi connectivity index (χ3n) is 0.0833. The molecule has 0 heterocycles. The van der Waals surface area contributed by atoms with E-state index in [1.54, 1.807) is 0 Å². The second-order valence-electron chi connectivity index (χ2n) is 0.269. The smallest absolute Gasteiger partial charge is 0.518 e. The Labute approximate surface area is 33.3 Å². The van der Waals surface area contributed by atoms with Gasteiger partial charge >= 0.3 is 19.3 Å². The second kappa shape index (κ2) is 3.83. The van der Waals surface area contributed by atoms with Crippen molar-refractivity contribution in [3.8, 4) is 0 Å². The zero-order valence-corrected chi connectivity index (χ0v) is 4.22. The Bertz CT molecular complexity index is 34.2. The summed E-state index contributed by atoms with van der Waals surface area (Å²) in [5, 5.41) is 0. The summed E-state index contributed by atoms with van der Waals surface area (Å²) in [4.78, 5) is 0. The highest BCUT2D eigenvalue weighted by Gasteiger charge is 1.72. The van der Waals surface area contributed by atoms with Gasteiger partial charge in [-0.15, -0.1) is 0 Å². The zero-order valence-electron chi connectivity index (χ0n) is 2.22. The van der Waals surface area contributed by atoms with Crippen LogP contribution in [-0.2, 0) is 13.0 Å². The van der Waals surface area contributed by atoms with Crippen LogP contribution in [0.2, 0.25) is 0 Å². The van der Waals surface area contributed by atoms with Crippen LogP contribution in [0.5, 0.6) is 0 Å². The quantitative estimate of drug-likeness (QED) is 0.419. The summed E-state index contributed by atoms with van der Waals surface area (Å²) in [5.41, 5.74) is 0. The number of hydrogen-bond donors (Lipinski definition) is 0. The van der Waals surface area contributed by atoms with Gasteiger partial charge in [0.1, 0.15) is 0 Å². The maximum atomic E-state index is 9.14. The molecule has 0 N–H and O–H groups in total. The Kier molecular flexibility index (Phi) is 3.71. The molecule has 0 aliphatic heterocycles. The number of rotatable bonds is 2. The molecule has 0 atom stereocenters. The lowest BCUT2D eigenvalue weighted by Gasteiger charge is -1.62. The van der Waals surface area contributed by atoms with Gasteiger partial charge in [0.25, 0.3) is 0 Å². The van der Waals surface area contributed by atoms with E-state index in [-0.39, 0.29) is 0 Å². The minimum Gasteiger partial charge on any atom is -0.518 e. The zero-order chi connectivity index (χ0) is 4.12. The molecule has 0 unspecified atom stereocenters. The molecule has 26 valence electrons. The highest BCUT2D eigenvalue weighted by Crippen LogP contribution is 1.36. The maximum absolute atomic E-state index is 9.14. The first-order valence-corrected chi connectivity index (χ1v) is 2.45. The van der Waals surface area contributed by atoms with Crippen molar-refractivity contribution in [3.63, 3.8) is 0 Å². The molecule has 0 aliphatic rings. The van der Waals surface area contributed by atoms with Crippen LogP contribution in [0, 0.1) is 0 Å². The van der Waals surface area contributed by atoms with Crippen molar-refractivity contribution in [1.82, 2.24) is 0 Å². The Balaban J connectivity index is 2.65.